The number of pyridine rings is 3. The van der Waals surface area contributed by atoms with Gasteiger partial charge in [0, 0.05) is 53.7 Å². The lowest BCUT2D eigenvalue weighted by atomic mass is 10.2. The van der Waals surface area contributed by atoms with Crippen LogP contribution in [0.15, 0.2) is 51.8 Å². The van der Waals surface area contributed by atoms with Crippen molar-refractivity contribution in [3.8, 4) is 0 Å². The number of aromatic nitrogens is 3. The molecule has 3 aromatic rings. The van der Waals surface area contributed by atoms with Crippen LogP contribution in [0.4, 0.5) is 11.5 Å². The van der Waals surface area contributed by atoms with Crippen LogP contribution < -0.4 is 9.80 Å². The Morgan fingerprint density at radius 2 is 1.54 bits per heavy atom. The molecule has 122 valence electrons. The Labute approximate surface area is 157 Å². The van der Waals surface area contributed by atoms with Crippen molar-refractivity contribution in [1.82, 2.24) is 15.0 Å². The van der Waals surface area contributed by atoms with Gasteiger partial charge < -0.3 is 9.80 Å². The summed E-state index contributed by atoms with van der Waals surface area (Å²) in [5.74, 6) is 1.03. The van der Waals surface area contributed by atoms with Crippen LogP contribution in [-0.4, -0.2) is 41.1 Å². The van der Waals surface area contributed by atoms with Gasteiger partial charge in [-0.05, 0) is 56.1 Å². The van der Waals surface area contributed by atoms with Crippen molar-refractivity contribution in [2.45, 2.75) is 0 Å². The average molecular weight is 449 g/mol. The number of anilines is 2. The summed E-state index contributed by atoms with van der Waals surface area (Å²) in [5, 5.41) is 0. The van der Waals surface area contributed by atoms with Crippen LogP contribution in [0.2, 0.25) is 0 Å². The van der Waals surface area contributed by atoms with Crippen molar-refractivity contribution in [1.29, 1.82) is 0 Å². The average Bonchev–Trinajstić information content (AvgIpc) is 2.62. The molecule has 0 aliphatic carbocycles. The maximum absolute atomic E-state index is 4.56. The van der Waals surface area contributed by atoms with E-state index in [1.165, 1.54) is 0 Å². The largest absolute Gasteiger partial charge is 0.366 e. The van der Waals surface area contributed by atoms with E-state index in [-0.39, 0.29) is 0 Å². The Morgan fingerprint density at radius 3 is 2.29 bits per heavy atom. The first kappa shape index (κ1) is 15.8. The maximum Gasteiger partial charge on any atom is 0.128 e. The molecule has 4 heterocycles. The molecule has 0 radical (unpaired) electrons. The molecule has 0 unspecified atom stereocenters. The minimum atomic E-state index is 0.916. The molecule has 1 saturated heterocycles. The number of hydrogen-bond acceptors (Lipinski definition) is 5. The van der Waals surface area contributed by atoms with E-state index >= 15 is 0 Å². The van der Waals surface area contributed by atoms with Gasteiger partial charge in [-0.2, -0.15) is 0 Å². The van der Waals surface area contributed by atoms with E-state index in [9.17, 15) is 0 Å². The first-order chi connectivity index (χ1) is 11.7. The second-order valence-electron chi connectivity index (χ2n) is 5.66. The van der Waals surface area contributed by atoms with E-state index in [1.54, 1.807) is 0 Å². The van der Waals surface area contributed by atoms with E-state index in [4.69, 9.17) is 0 Å². The monoisotopic (exact) mass is 447 g/mol. The number of piperazine rings is 1. The number of fused-ring (bicyclic) bond motifs is 1. The zero-order valence-electron chi connectivity index (χ0n) is 12.9. The van der Waals surface area contributed by atoms with Crippen LogP contribution in [0.1, 0.15) is 0 Å². The maximum atomic E-state index is 4.56. The van der Waals surface area contributed by atoms with Crippen LogP contribution in [0.5, 0.6) is 0 Å². The van der Waals surface area contributed by atoms with Gasteiger partial charge in [0.15, 0.2) is 0 Å². The minimum Gasteiger partial charge on any atom is -0.366 e. The third-order valence-electron chi connectivity index (χ3n) is 4.18. The van der Waals surface area contributed by atoms with Crippen LogP contribution in [0.25, 0.3) is 11.0 Å². The van der Waals surface area contributed by atoms with Crippen molar-refractivity contribution >= 4 is 54.4 Å². The molecule has 4 rings (SSSR count). The number of nitrogens with zero attached hydrogens (tertiary/aromatic N) is 5. The van der Waals surface area contributed by atoms with Crippen molar-refractivity contribution in [2.75, 3.05) is 36.0 Å². The molecule has 0 atom stereocenters. The zero-order chi connectivity index (χ0) is 16.5. The van der Waals surface area contributed by atoms with Crippen molar-refractivity contribution < 1.29 is 0 Å². The van der Waals surface area contributed by atoms with Crippen LogP contribution in [-0.2, 0) is 0 Å². The van der Waals surface area contributed by atoms with Crippen molar-refractivity contribution in [3.63, 3.8) is 0 Å². The molecule has 24 heavy (non-hydrogen) atoms. The van der Waals surface area contributed by atoms with Gasteiger partial charge in [0.05, 0.1) is 11.2 Å². The van der Waals surface area contributed by atoms with E-state index in [1.807, 2.05) is 30.7 Å². The normalized spacial score (nSPS) is 15.1. The molecule has 0 saturated carbocycles. The van der Waals surface area contributed by atoms with E-state index < -0.39 is 0 Å². The fraction of sp³-hybridized carbons (Fsp3) is 0.235. The van der Waals surface area contributed by atoms with Crippen LogP contribution in [0.3, 0.4) is 0 Å². The summed E-state index contributed by atoms with van der Waals surface area (Å²) in [5.41, 5.74) is 3.02. The minimum absolute atomic E-state index is 0.916. The Morgan fingerprint density at radius 1 is 0.792 bits per heavy atom. The molecule has 0 spiro atoms. The fourth-order valence-electron chi connectivity index (χ4n) is 2.98. The van der Waals surface area contributed by atoms with Gasteiger partial charge in [-0.3, -0.25) is 9.97 Å². The van der Waals surface area contributed by atoms with Gasteiger partial charge in [-0.1, -0.05) is 0 Å². The molecule has 3 aromatic heterocycles. The quantitative estimate of drug-likeness (QED) is 0.595. The van der Waals surface area contributed by atoms with E-state index in [0.29, 0.717) is 0 Å². The Hall–Kier alpha value is -1.73. The van der Waals surface area contributed by atoms with Gasteiger partial charge >= 0.3 is 0 Å². The second-order valence-corrected chi connectivity index (χ2v) is 7.49. The van der Waals surface area contributed by atoms with E-state index in [0.717, 1.165) is 57.7 Å². The van der Waals surface area contributed by atoms with Crippen LogP contribution in [0, 0.1) is 0 Å². The molecule has 1 aliphatic rings. The summed E-state index contributed by atoms with van der Waals surface area (Å²) in [4.78, 5) is 18.2. The molecule has 1 aliphatic heterocycles. The third kappa shape index (κ3) is 3.10. The van der Waals surface area contributed by atoms with Gasteiger partial charge in [0.2, 0.25) is 0 Å². The first-order valence-corrected chi connectivity index (χ1v) is 9.31. The Kier molecular flexibility index (Phi) is 4.37. The third-order valence-corrected chi connectivity index (χ3v) is 5.08. The molecule has 7 heteroatoms. The predicted molar refractivity (Wildman–Crippen MR) is 104 cm³/mol. The van der Waals surface area contributed by atoms with Crippen LogP contribution >= 0.6 is 31.9 Å². The number of halogens is 2. The summed E-state index contributed by atoms with van der Waals surface area (Å²) in [6, 6.07) is 8.15. The highest BCUT2D eigenvalue weighted by atomic mass is 79.9. The molecular weight excluding hydrogens is 434 g/mol. The number of rotatable bonds is 2. The van der Waals surface area contributed by atoms with Gasteiger partial charge in [0.1, 0.15) is 11.3 Å². The standard InChI is InChI=1S/C17H15Br2N5/c18-12-1-2-16(21-10-12)24-7-5-23(6-8-24)15-3-4-20-14-9-13(19)11-22-17(14)15/h1-4,9-11H,5-8H2. The second kappa shape index (κ2) is 6.64. The van der Waals surface area contributed by atoms with Crippen molar-refractivity contribution in [2.24, 2.45) is 0 Å². The zero-order valence-corrected chi connectivity index (χ0v) is 16.0. The molecule has 1 fully saturated rings. The van der Waals surface area contributed by atoms with Gasteiger partial charge in [-0.25, -0.2) is 4.98 Å². The highest BCUT2D eigenvalue weighted by molar-refractivity contribution is 9.10. The highest BCUT2D eigenvalue weighted by Gasteiger charge is 2.20. The molecule has 0 N–H and O–H groups in total. The molecule has 0 bridgehead atoms. The lowest BCUT2D eigenvalue weighted by molar-refractivity contribution is 0.648. The topological polar surface area (TPSA) is 45.2 Å². The summed E-state index contributed by atoms with van der Waals surface area (Å²) < 4.78 is 1.95. The summed E-state index contributed by atoms with van der Waals surface area (Å²) >= 11 is 6.89. The smallest absolute Gasteiger partial charge is 0.128 e. The molecule has 0 amide bonds. The Bertz CT molecular complexity index is 860. The summed E-state index contributed by atoms with van der Waals surface area (Å²) in [6.07, 6.45) is 5.53. The lowest BCUT2D eigenvalue weighted by Gasteiger charge is -2.36. The fourth-order valence-corrected chi connectivity index (χ4v) is 3.53. The highest BCUT2D eigenvalue weighted by Crippen LogP contribution is 2.27. The predicted octanol–water partition coefficient (Wildman–Crippen LogP) is 3.88. The van der Waals surface area contributed by atoms with Gasteiger partial charge in [0.25, 0.3) is 0 Å². The van der Waals surface area contributed by atoms with E-state index in [2.05, 4.69) is 68.7 Å². The lowest BCUT2D eigenvalue weighted by Crippen LogP contribution is -2.47. The molecule has 5 nitrogen and oxygen atoms in total. The molecule has 0 aromatic carbocycles. The Balaban J connectivity index is 1.55. The SMILES string of the molecule is Brc1ccc(N2CCN(c3ccnc4cc(Br)cnc34)CC2)nc1. The summed E-state index contributed by atoms with van der Waals surface area (Å²) in [7, 11) is 0. The number of hydrogen-bond donors (Lipinski definition) is 0. The first-order valence-electron chi connectivity index (χ1n) is 7.72. The van der Waals surface area contributed by atoms with Gasteiger partial charge in [-0.15, -0.1) is 0 Å². The molecular formula is C17H15Br2N5. The summed E-state index contributed by atoms with van der Waals surface area (Å²) in [6.45, 7) is 3.76. The van der Waals surface area contributed by atoms with Crippen molar-refractivity contribution in [3.05, 3.63) is 51.8 Å².